The van der Waals surface area contributed by atoms with E-state index in [0.717, 1.165) is 57.9 Å². The Hall–Kier alpha value is -3.59. The second kappa shape index (κ2) is 7.92. The van der Waals surface area contributed by atoms with E-state index in [1.54, 1.807) is 0 Å². The zero-order valence-electron chi connectivity index (χ0n) is 18.0. The van der Waals surface area contributed by atoms with Crippen LogP contribution in [-0.4, -0.2) is 22.8 Å². The predicted molar refractivity (Wildman–Crippen MR) is 118 cm³/mol. The number of hydrogen-bond donors (Lipinski definition) is 1. The van der Waals surface area contributed by atoms with Gasteiger partial charge in [0.15, 0.2) is 0 Å². The highest BCUT2D eigenvalue weighted by Gasteiger charge is 2.44. The summed E-state index contributed by atoms with van der Waals surface area (Å²) in [5, 5.41) is 22.8. The number of anilines is 2. The van der Waals surface area contributed by atoms with Crippen LogP contribution in [-0.2, 0) is 10.2 Å². The third-order valence-corrected chi connectivity index (χ3v) is 6.07. The summed E-state index contributed by atoms with van der Waals surface area (Å²) in [6.45, 7) is 6.15. The Morgan fingerprint density at radius 2 is 1.90 bits per heavy atom. The summed E-state index contributed by atoms with van der Waals surface area (Å²) >= 11 is 0. The lowest BCUT2D eigenvalue weighted by atomic mass is 9.97. The molecule has 1 aliphatic carbocycles. The normalized spacial score (nSPS) is 14.1. The van der Waals surface area contributed by atoms with E-state index in [4.69, 9.17) is 4.52 Å². The highest BCUT2D eigenvalue weighted by molar-refractivity contribution is 5.77. The van der Waals surface area contributed by atoms with Gasteiger partial charge in [-0.1, -0.05) is 29.4 Å². The third kappa shape index (κ3) is 3.91. The fraction of sp³-hybridized carbons (Fsp3) is 0.320. The Balaban J connectivity index is 1.75. The maximum Gasteiger partial charge on any atom is 0.305 e. The molecule has 0 saturated heterocycles. The minimum absolute atomic E-state index is 0.0128. The van der Waals surface area contributed by atoms with Crippen molar-refractivity contribution in [1.82, 2.24) is 5.16 Å². The summed E-state index contributed by atoms with van der Waals surface area (Å²) in [6, 6.07) is 16.5. The molecular weight excluding hydrogens is 390 g/mol. The van der Waals surface area contributed by atoms with Gasteiger partial charge in [0.25, 0.3) is 0 Å². The largest absolute Gasteiger partial charge is 0.481 e. The Morgan fingerprint density at radius 3 is 2.45 bits per heavy atom. The van der Waals surface area contributed by atoms with Gasteiger partial charge in [0.1, 0.15) is 5.76 Å². The molecule has 1 aliphatic rings. The fourth-order valence-corrected chi connectivity index (χ4v) is 4.10. The van der Waals surface area contributed by atoms with Crippen molar-refractivity contribution >= 4 is 17.3 Å². The van der Waals surface area contributed by atoms with Gasteiger partial charge in [0, 0.05) is 23.5 Å². The van der Waals surface area contributed by atoms with Crippen molar-refractivity contribution in [1.29, 1.82) is 5.26 Å². The summed E-state index contributed by atoms with van der Waals surface area (Å²) in [6.07, 6.45) is 1.80. The van der Waals surface area contributed by atoms with Crippen LogP contribution in [0.15, 0.2) is 47.0 Å². The number of nitrogens with zero attached hydrogens (tertiary/aromatic N) is 3. The molecule has 0 aliphatic heterocycles. The second-order valence-electron chi connectivity index (χ2n) is 8.24. The molecule has 158 valence electrons. The van der Waals surface area contributed by atoms with Gasteiger partial charge in [-0.25, -0.2) is 0 Å². The van der Waals surface area contributed by atoms with E-state index in [9.17, 15) is 15.2 Å². The van der Waals surface area contributed by atoms with E-state index in [0.29, 0.717) is 6.54 Å². The molecule has 0 unspecified atom stereocenters. The van der Waals surface area contributed by atoms with Crippen LogP contribution in [0, 0.1) is 32.1 Å². The number of carbonyl (C=O) groups is 1. The molecule has 0 bridgehead atoms. The van der Waals surface area contributed by atoms with Crippen LogP contribution in [0.25, 0.3) is 11.1 Å². The maximum absolute atomic E-state index is 11.3. The lowest BCUT2D eigenvalue weighted by Crippen LogP contribution is -2.22. The van der Waals surface area contributed by atoms with Crippen molar-refractivity contribution in [2.24, 2.45) is 0 Å². The van der Waals surface area contributed by atoms with Gasteiger partial charge in [0.2, 0.25) is 0 Å². The van der Waals surface area contributed by atoms with E-state index in [1.807, 2.05) is 62.1 Å². The maximum atomic E-state index is 11.3. The molecule has 6 heteroatoms. The second-order valence-corrected chi connectivity index (χ2v) is 8.24. The molecule has 1 aromatic heterocycles. The molecule has 4 rings (SSSR count). The van der Waals surface area contributed by atoms with Gasteiger partial charge >= 0.3 is 5.97 Å². The Kier molecular flexibility index (Phi) is 5.28. The van der Waals surface area contributed by atoms with Crippen LogP contribution >= 0.6 is 0 Å². The third-order valence-electron chi connectivity index (χ3n) is 6.07. The highest BCUT2D eigenvalue weighted by Crippen LogP contribution is 2.48. The zero-order valence-corrected chi connectivity index (χ0v) is 18.0. The highest BCUT2D eigenvalue weighted by atomic mass is 16.5. The monoisotopic (exact) mass is 415 g/mol. The van der Waals surface area contributed by atoms with E-state index in [2.05, 4.69) is 17.3 Å². The lowest BCUT2D eigenvalue weighted by molar-refractivity contribution is -0.136. The minimum atomic E-state index is -0.845. The van der Waals surface area contributed by atoms with Crippen LogP contribution in [0.3, 0.4) is 0 Å². The molecule has 3 aromatic rings. The van der Waals surface area contributed by atoms with Crippen LogP contribution in [0.1, 0.15) is 41.8 Å². The van der Waals surface area contributed by atoms with Gasteiger partial charge in [-0.2, -0.15) is 5.26 Å². The van der Waals surface area contributed by atoms with Gasteiger partial charge in [-0.05, 0) is 68.5 Å². The number of aryl methyl sites for hydroxylation is 3. The Labute approximate surface area is 181 Å². The van der Waals surface area contributed by atoms with Crippen molar-refractivity contribution in [3.8, 4) is 17.2 Å². The molecule has 0 spiro atoms. The summed E-state index contributed by atoms with van der Waals surface area (Å²) in [5.41, 5.74) is 6.32. The minimum Gasteiger partial charge on any atom is -0.481 e. The molecule has 0 radical (unpaired) electrons. The molecule has 1 heterocycles. The number of nitriles is 1. The average Bonchev–Trinajstić information content (AvgIpc) is 3.49. The van der Waals surface area contributed by atoms with Crippen molar-refractivity contribution < 1.29 is 14.4 Å². The van der Waals surface area contributed by atoms with E-state index < -0.39 is 5.97 Å². The summed E-state index contributed by atoms with van der Waals surface area (Å²) < 4.78 is 5.34. The van der Waals surface area contributed by atoms with Crippen molar-refractivity contribution in [3.05, 3.63) is 65.0 Å². The standard InChI is InChI=1S/C25H25N3O3/c1-16-4-5-19(24-17(2)27-31-18(24)3)14-22(16)28(13-10-23(29)30)21-8-6-20(7-9-21)25(15-26)11-12-25/h4-9,14H,10-13H2,1-3H3,(H,29,30). The van der Waals surface area contributed by atoms with Crippen LogP contribution < -0.4 is 4.90 Å². The topological polar surface area (TPSA) is 90.4 Å². The molecule has 1 saturated carbocycles. The zero-order chi connectivity index (χ0) is 22.2. The first-order valence-corrected chi connectivity index (χ1v) is 10.4. The molecule has 0 amide bonds. The van der Waals surface area contributed by atoms with Crippen molar-refractivity contribution in [2.75, 3.05) is 11.4 Å². The smallest absolute Gasteiger partial charge is 0.305 e. The average molecular weight is 415 g/mol. The molecule has 1 N–H and O–H groups in total. The first-order valence-electron chi connectivity index (χ1n) is 10.4. The number of carboxylic acids is 1. The molecule has 31 heavy (non-hydrogen) atoms. The van der Waals surface area contributed by atoms with Gasteiger partial charge < -0.3 is 14.5 Å². The van der Waals surface area contributed by atoms with Crippen molar-refractivity contribution in [2.45, 2.75) is 45.4 Å². The molecule has 0 atom stereocenters. The van der Waals surface area contributed by atoms with Gasteiger partial charge in [-0.3, -0.25) is 4.79 Å². The first kappa shape index (κ1) is 20.7. The van der Waals surface area contributed by atoms with E-state index in [-0.39, 0.29) is 11.8 Å². The number of aromatic nitrogens is 1. The molecular formula is C25H25N3O3. The quantitative estimate of drug-likeness (QED) is 0.553. The van der Waals surface area contributed by atoms with Crippen LogP contribution in [0.2, 0.25) is 0 Å². The molecule has 1 fully saturated rings. The molecule has 6 nitrogen and oxygen atoms in total. The number of aliphatic carboxylic acids is 1. The Bertz CT molecular complexity index is 1150. The summed E-state index contributed by atoms with van der Waals surface area (Å²) in [7, 11) is 0. The lowest BCUT2D eigenvalue weighted by Gasteiger charge is -2.27. The SMILES string of the molecule is Cc1ccc(-c2c(C)noc2C)cc1N(CCC(=O)O)c1ccc(C2(C#N)CC2)cc1. The first-order chi connectivity index (χ1) is 14.8. The number of rotatable bonds is 7. The van der Waals surface area contributed by atoms with E-state index >= 15 is 0 Å². The Morgan fingerprint density at radius 1 is 1.19 bits per heavy atom. The molecule has 2 aromatic carbocycles. The van der Waals surface area contributed by atoms with Crippen molar-refractivity contribution in [3.63, 3.8) is 0 Å². The van der Waals surface area contributed by atoms with Gasteiger partial charge in [0.05, 0.1) is 23.6 Å². The number of carboxylic acid groups (broad SMARTS) is 1. The number of hydrogen-bond acceptors (Lipinski definition) is 5. The summed E-state index contributed by atoms with van der Waals surface area (Å²) in [5.74, 6) is -0.0949. The van der Waals surface area contributed by atoms with Gasteiger partial charge in [-0.15, -0.1) is 0 Å². The number of benzene rings is 2. The van der Waals surface area contributed by atoms with E-state index in [1.165, 1.54) is 0 Å². The van der Waals surface area contributed by atoms with Crippen LogP contribution in [0.5, 0.6) is 0 Å². The predicted octanol–water partition coefficient (Wildman–Crippen LogP) is 5.43. The van der Waals surface area contributed by atoms with Crippen LogP contribution in [0.4, 0.5) is 11.4 Å². The fourth-order valence-electron chi connectivity index (χ4n) is 4.10. The summed E-state index contributed by atoms with van der Waals surface area (Å²) in [4.78, 5) is 13.4.